The number of ketones is 1. The van der Waals surface area contributed by atoms with E-state index in [0.29, 0.717) is 5.69 Å². The van der Waals surface area contributed by atoms with Gasteiger partial charge in [-0.2, -0.15) is 5.10 Å². The lowest BCUT2D eigenvalue weighted by Crippen LogP contribution is -2.23. The molecule has 0 saturated heterocycles. The fourth-order valence-corrected chi connectivity index (χ4v) is 2.18. The zero-order valence-electron chi connectivity index (χ0n) is 14.7. The summed E-state index contributed by atoms with van der Waals surface area (Å²) in [6.07, 6.45) is 0. The van der Waals surface area contributed by atoms with E-state index in [1.165, 1.54) is 5.56 Å². The van der Waals surface area contributed by atoms with E-state index < -0.39 is 5.41 Å². The largest absolute Gasteiger partial charge is 0.292 e. The molecule has 0 aliphatic rings. The molecule has 0 aliphatic carbocycles. The second-order valence-corrected chi connectivity index (χ2v) is 7.99. The smallest absolute Gasteiger partial charge is 0.186 e. The van der Waals surface area contributed by atoms with Crippen LogP contribution in [0.3, 0.4) is 0 Å². The molecule has 0 bridgehead atoms. The Balaban J connectivity index is 2.63. The molecule has 0 amide bonds. The summed E-state index contributed by atoms with van der Waals surface area (Å²) in [7, 11) is 0. The Morgan fingerprint density at radius 2 is 1.55 bits per heavy atom. The van der Waals surface area contributed by atoms with Crippen LogP contribution in [0.15, 0.2) is 30.3 Å². The number of carbonyl (C=O) groups is 1. The Bertz CT molecular complexity index is 680. The van der Waals surface area contributed by atoms with Gasteiger partial charge in [0, 0.05) is 10.8 Å². The first kappa shape index (κ1) is 16.5. The van der Waals surface area contributed by atoms with Crippen LogP contribution in [0.25, 0.3) is 5.69 Å². The molecule has 22 heavy (non-hydrogen) atoms. The first-order valence-electron chi connectivity index (χ1n) is 7.72. The summed E-state index contributed by atoms with van der Waals surface area (Å²) in [5.41, 5.74) is 3.17. The van der Waals surface area contributed by atoms with Crippen LogP contribution in [0.1, 0.15) is 63.3 Å². The van der Waals surface area contributed by atoms with E-state index in [2.05, 4.69) is 27.7 Å². The van der Waals surface area contributed by atoms with Crippen molar-refractivity contribution in [1.82, 2.24) is 9.78 Å². The lowest BCUT2D eigenvalue weighted by atomic mass is 9.87. The molecule has 1 aromatic heterocycles. The molecule has 0 N–H and O–H groups in total. The lowest BCUT2D eigenvalue weighted by Gasteiger charge is -2.17. The Kier molecular flexibility index (Phi) is 4.03. The Labute approximate surface area is 133 Å². The SMILES string of the molecule is Cc1ccc(-n2nc(C(C)(C)C)cc2C(=O)C(C)(C)C)cc1. The average molecular weight is 298 g/mol. The summed E-state index contributed by atoms with van der Waals surface area (Å²) in [5, 5.41) is 4.71. The van der Waals surface area contributed by atoms with Gasteiger partial charge in [0.1, 0.15) is 5.69 Å². The van der Waals surface area contributed by atoms with Crippen molar-refractivity contribution in [2.75, 3.05) is 0 Å². The highest BCUT2D eigenvalue weighted by molar-refractivity contribution is 5.99. The lowest BCUT2D eigenvalue weighted by molar-refractivity contribution is 0.0850. The Morgan fingerprint density at radius 1 is 1.00 bits per heavy atom. The first-order chi connectivity index (χ1) is 10.00. The standard InChI is InChI=1S/C19H26N2O/c1-13-8-10-14(11-9-13)21-15(17(22)19(5,6)7)12-16(20-21)18(2,3)4/h8-12H,1-7H3. The van der Waals surface area contributed by atoms with Gasteiger partial charge in [0.25, 0.3) is 0 Å². The molecule has 3 nitrogen and oxygen atoms in total. The number of Topliss-reactive ketones (excluding diaryl/α,β-unsaturated/α-hetero) is 1. The summed E-state index contributed by atoms with van der Waals surface area (Å²) in [6.45, 7) is 14.2. The van der Waals surface area contributed by atoms with Crippen molar-refractivity contribution >= 4 is 5.78 Å². The van der Waals surface area contributed by atoms with Gasteiger partial charge in [-0.25, -0.2) is 4.68 Å². The van der Waals surface area contributed by atoms with Gasteiger partial charge in [-0.3, -0.25) is 4.79 Å². The summed E-state index contributed by atoms with van der Waals surface area (Å²) >= 11 is 0. The summed E-state index contributed by atoms with van der Waals surface area (Å²) < 4.78 is 1.79. The van der Waals surface area contributed by atoms with Crippen LogP contribution in [0.2, 0.25) is 0 Å². The highest BCUT2D eigenvalue weighted by Crippen LogP contribution is 2.28. The molecule has 0 atom stereocenters. The fraction of sp³-hybridized carbons (Fsp3) is 0.474. The maximum Gasteiger partial charge on any atom is 0.186 e. The molecular formula is C19H26N2O. The predicted molar refractivity (Wildman–Crippen MR) is 90.8 cm³/mol. The van der Waals surface area contributed by atoms with Gasteiger partial charge in [-0.05, 0) is 25.1 Å². The molecule has 3 heteroatoms. The van der Waals surface area contributed by atoms with Gasteiger partial charge in [0.05, 0.1) is 11.4 Å². The maximum atomic E-state index is 12.8. The number of rotatable bonds is 2. The van der Waals surface area contributed by atoms with Crippen molar-refractivity contribution in [2.45, 2.75) is 53.9 Å². The second kappa shape index (κ2) is 5.38. The average Bonchev–Trinajstić information content (AvgIpc) is 2.82. The number of benzene rings is 1. The first-order valence-corrected chi connectivity index (χ1v) is 7.72. The third-order valence-corrected chi connectivity index (χ3v) is 3.67. The highest BCUT2D eigenvalue weighted by Gasteiger charge is 2.29. The molecule has 1 aromatic carbocycles. The minimum atomic E-state index is -0.433. The molecule has 0 radical (unpaired) electrons. The molecule has 2 aromatic rings. The van der Waals surface area contributed by atoms with Gasteiger partial charge in [0.15, 0.2) is 5.78 Å². The zero-order valence-corrected chi connectivity index (χ0v) is 14.7. The number of nitrogens with zero attached hydrogens (tertiary/aromatic N) is 2. The number of hydrogen-bond donors (Lipinski definition) is 0. The third-order valence-electron chi connectivity index (χ3n) is 3.67. The van der Waals surface area contributed by atoms with Crippen LogP contribution in [-0.4, -0.2) is 15.6 Å². The van der Waals surface area contributed by atoms with E-state index in [9.17, 15) is 4.79 Å². The van der Waals surface area contributed by atoms with Crippen molar-refractivity contribution < 1.29 is 4.79 Å². The van der Waals surface area contributed by atoms with Crippen LogP contribution in [0.5, 0.6) is 0 Å². The highest BCUT2D eigenvalue weighted by atomic mass is 16.1. The molecular weight excluding hydrogens is 272 g/mol. The fourth-order valence-electron chi connectivity index (χ4n) is 2.18. The monoisotopic (exact) mass is 298 g/mol. The molecule has 0 spiro atoms. The van der Waals surface area contributed by atoms with Gasteiger partial charge in [-0.1, -0.05) is 59.2 Å². The summed E-state index contributed by atoms with van der Waals surface area (Å²) in [4.78, 5) is 12.8. The van der Waals surface area contributed by atoms with Crippen LogP contribution < -0.4 is 0 Å². The second-order valence-electron chi connectivity index (χ2n) is 7.99. The van der Waals surface area contributed by atoms with Crippen molar-refractivity contribution in [1.29, 1.82) is 0 Å². The van der Waals surface area contributed by atoms with E-state index in [0.717, 1.165) is 11.4 Å². The molecule has 1 heterocycles. The van der Waals surface area contributed by atoms with Crippen molar-refractivity contribution in [3.63, 3.8) is 0 Å². The Morgan fingerprint density at radius 3 is 2.00 bits per heavy atom. The van der Waals surface area contributed by atoms with Crippen molar-refractivity contribution in [3.8, 4) is 5.69 Å². The Hall–Kier alpha value is -1.90. The number of hydrogen-bond acceptors (Lipinski definition) is 2. The summed E-state index contributed by atoms with van der Waals surface area (Å²) in [5.74, 6) is 0.107. The van der Waals surface area contributed by atoms with Crippen molar-refractivity contribution in [3.05, 3.63) is 47.3 Å². The minimum Gasteiger partial charge on any atom is -0.292 e. The molecule has 0 unspecified atom stereocenters. The third kappa shape index (κ3) is 3.29. The zero-order chi connectivity index (χ0) is 16.7. The van der Waals surface area contributed by atoms with E-state index in [1.54, 1.807) is 4.68 Å². The number of carbonyl (C=O) groups excluding carboxylic acids is 1. The van der Waals surface area contributed by atoms with Gasteiger partial charge < -0.3 is 0 Å². The van der Waals surface area contributed by atoms with E-state index in [-0.39, 0.29) is 11.2 Å². The predicted octanol–water partition coefficient (Wildman–Crippen LogP) is 4.71. The van der Waals surface area contributed by atoms with Gasteiger partial charge in [0.2, 0.25) is 0 Å². The summed E-state index contributed by atoms with van der Waals surface area (Å²) in [6, 6.07) is 10.0. The quantitative estimate of drug-likeness (QED) is 0.753. The van der Waals surface area contributed by atoms with Crippen LogP contribution in [0.4, 0.5) is 0 Å². The molecule has 2 rings (SSSR count). The molecule has 0 aliphatic heterocycles. The van der Waals surface area contributed by atoms with Crippen LogP contribution >= 0.6 is 0 Å². The van der Waals surface area contributed by atoms with Crippen LogP contribution in [0, 0.1) is 12.3 Å². The van der Waals surface area contributed by atoms with E-state index in [1.807, 2.05) is 51.1 Å². The van der Waals surface area contributed by atoms with E-state index in [4.69, 9.17) is 5.10 Å². The maximum absolute atomic E-state index is 12.8. The van der Waals surface area contributed by atoms with Gasteiger partial charge in [-0.15, -0.1) is 0 Å². The number of aryl methyl sites for hydroxylation is 1. The van der Waals surface area contributed by atoms with Gasteiger partial charge >= 0.3 is 0 Å². The molecule has 0 fully saturated rings. The minimum absolute atomic E-state index is 0.0944. The topological polar surface area (TPSA) is 34.9 Å². The van der Waals surface area contributed by atoms with Crippen LogP contribution in [-0.2, 0) is 5.41 Å². The molecule has 118 valence electrons. The van der Waals surface area contributed by atoms with E-state index >= 15 is 0 Å². The molecule has 0 saturated carbocycles. The normalized spacial score (nSPS) is 12.5. The number of aromatic nitrogens is 2. The van der Waals surface area contributed by atoms with Crippen molar-refractivity contribution in [2.24, 2.45) is 5.41 Å².